The van der Waals surface area contributed by atoms with Gasteiger partial charge in [-0.1, -0.05) is 86.8 Å². The molecule has 0 saturated heterocycles. The minimum atomic E-state index is -1.86. The van der Waals surface area contributed by atoms with Gasteiger partial charge in [-0.3, -0.25) is 4.98 Å². The van der Waals surface area contributed by atoms with E-state index in [-0.39, 0.29) is 25.5 Å². The van der Waals surface area contributed by atoms with Crippen LogP contribution in [0.15, 0.2) is 138 Å². The largest absolute Gasteiger partial charge is 0.500 e. The van der Waals surface area contributed by atoms with Gasteiger partial charge in [0.25, 0.3) is 0 Å². The fourth-order valence-corrected chi connectivity index (χ4v) is 11.7. The van der Waals surface area contributed by atoms with Gasteiger partial charge in [-0.25, -0.2) is 0 Å². The minimum absolute atomic E-state index is 0. The van der Waals surface area contributed by atoms with Gasteiger partial charge in [0, 0.05) is 31.2 Å². The number of imidazole rings is 1. The molecule has 0 N–H and O–H groups in total. The molecule has 6 heteroatoms. The van der Waals surface area contributed by atoms with Gasteiger partial charge in [-0.05, 0) is 71.3 Å². The van der Waals surface area contributed by atoms with E-state index in [1.165, 1.54) is 27.8 Å². The summed E-state index contributed by atoms with van der Waals surface area (Å²) in [4.78, 5) is 9.87. The summed E-state index contributed by atoms with van der Waals surface area (Å²) in [6.07, 6.45) is 3.27. The molecular formula is C55H55GeIrN3O-2. The summed E-state index contributed by atoms with van der Waals surface area (Å²) < 4.78 is 10.1. The number of rotatable bonds is 7. The van der Waals surface area contributed by atoms with Crippen molar-refractivity contribution in [2.45, 2.75) is 77.6 Å². The van der Waals surface area contributed by atoms with E-state index in [2.05, 4.69) is 192 Å². The van der Waals surface area contributed by atoms with Gasteiger partial charge in [0.2, 0.25) is 0 Å². The minimum Gasteiger partial charge on any atom is -0.500 e. The first-order valence-corrected chi connectivity index (χ1v) is 28.5. The number of hydrogen-bond acceptors (Lipinski definition) is 3. The zero-order valence-corrected chi connectivity index (χ0v) is 41.6. The van der Waals surface area contributed by atoms with E-state index in [4.69, 9.17) is 14.4 Å². The Kier molecular flexibility index (Phi) is 12.8. The van der Waals surface area contributed by atoms with Crippen molar-refractivity contribution in [3.05, 3.63) is 168 Å². The number of nitrogens with zero attached hydrogens (tertiary/aromatic N) is 3. The Morgan fingerprint density at radius 3 is 2.18 bits per heavy atom. The second-order valence-electron chi connectivity index (χ2n) is 18.6. The van der Waals surface area contributed by atoms with E-state index < -0.39 is 13.3 Å². The normalized spacial score (nSPS) is 11.9. The van der Waals surface area contributed by atoms with Crippen molar-refractivity contribution in [2.75, 3.05) is 0 Å². The van der Waals surface area contributed by atoms with E-state index >= 15 is 0 Å². The first kappa shape index (κ1) is 44.0. The van der Waals surface area contributed by atoms with Crippen LogP contribution in [-0.2, 0) is 31.9 Å². The fraction of sp³-hybridized carbons (Fsp3) is 0.236. The van der Waals surface area contributed by atoms with Gasteiger partial charge in [-0.15, -0.1) is 23.8 Å². The SMILES string of the molecule is CC(C)Cc1cc(-c2[c-]cccc2)nc[c]1[Ge]([CH3])([CH3])[CH3].Cc1ccc(C)c2c1oc1c[c-]c(-c3nc4ccccc4n3-c3ccc(-c4ccccc4)cc3C(C)(C)C)cc12.[Ir]. The summed E-state index contributed by atoms with van der Waals surface area (Å²) >= 11 is -1.86. The molecule has 4 nitrogen and oxygen atoms in total. The first-order chi connectivity index (χ1) is 28.7. The summed E-state index contributed by atoms with van der Waals surface area (Å²) in [7, 11) is 0. The number of aromatic nitrogens is 3. The molecule has 0 bridgehead atoms. The van der Waals surface area contributed by atoms with Gasteiger partial charge >= 0.3 is 126 Å². The number of furan rings is 1. The van der Waals surface area contributed by atoms with Gasteiger partial charge in [0.05, 0.1) is 22.4 Å². The summed E-state index contributed by atoms with van der Waals surface area (Å²) in [6.45, 7) is 15.6. The average Bonchev–Trinajstić information content (AvgIpc) is 3.82. The van der Waals surface area contributed by atoms with E-state index in [1.54, 1.807) is 4.40 Å². The molecule has 61 heavy (non-hydrogen) atoms. The molecule has 0 saturated carbocycles. The van der Waals surface area contributed by atoms with Crippen molar-refractivity contribution in [1.29, 1.82) is 0 Å². The Morgan fingerprint density at radius 1 is 0.754 bits per heavy atom. The Hall–Kier alpha value is -5.07. The summed E-state index contributed by atoms with van der Waals surface area (Å²) in [5.41, 5.74) is 15.5. The fourth-order valence-electron chi connectivity index (χ4n) is 8.32. The van der Waals surface area contributed by atoms with Gasteiger partial charge in [0.1, 0.15) is 5.58 Å². The molecule has 9 aromatic rings. The van der Waals surface area contributed by atoms with Crippen molar-refractivity contribution < 1.29 is 24.5 Å². The maximum Gasteiger partial charge on any atom is 0.124 e. The molecule has 0 atom stereocenters. The Balaban J connectivity index is 0.000000226. The van der Waals surface area contributed by atoms with Crippen molar-refractivity contribution in [3.63, 3.8) is 0 Å². The molecule has 6 aromatic carbocycles. The van der Waals surface area contributed by atoms with Crippen LogP contribution in [0.3, 0.4) is 0 Å². The number of fused-ring (bicyclic) bond motifs is 4. The summed E-state index contributed by atoms with van der Waals surface area (Å²) in [5.74, 6) is 8.87. The zero-order chi connectivity index (χ0) is 42.3. The third-order valence-electron chi connectivity index (χ3n) is 11.3. The van der Waals surface area contributed by atoms with Crippen LogP contribution in [0.2, 0.25) is 17.3 Å². The van der Waals surface area contributed by atoms with E-state index in [9.17, 15) is 0 Å². The third-order valence-corrected chi connectivity index (χ3v) is 15.7. The molecule has 0 unspecified atom stereocenters. The molecule has 0 aliphatic rings. The molecule has 311 valence electrons. The van der Waals surface area contributed by atoms with Crippen molar-refractivity contribution in [2.24, 2.45) is 5.92 Å². The van der Waals surface area contributed by atoms with Gasteiger partial charge in [0.15, 0.2) is 0 Å². The van der Waals surface area contributed by atoms with E-state index in [1.807, 2.05) is 24.3 Å². The Bertz CT molecular complexity index is 2970. The number of aryl methyl sites for hydroxylation is 2. The summed E-state index contributed by atoms with van der Waals surface area (Å²) in [6, 6.07) is 51.4. The number of hydrogen-bond donors (Lipinski definition) is 0. The molecule has 3 aromatic heterocycles. The van der Waals surface area contributed by atoms with Crippen LogP contribution in [0.5, 0.6) is 0 Å². The van der Waals surface area contributed by atoms with Crippen LogP contribution in [0.1, 0.15) is 56.9 Å². The first-order valence-electron chi connectivity index (χ1n) is 21.2. The van der Waals surface area contributed by atoms with Crippen molar-refractivity contribution >= 4 is 50.6 Å². The molecule has 0 fully saturated rings. The molecule has 1 radical (unpaired) electrons. The zero-order valence-electron chi connectivity index (χ0n) is 37.1. The molecule has 9 rings (SSSR count). The molecule has 0 aliphatic carbocycles. The summed E-state index contributed by atoms with van der Waals surface area (Å²) in [5, 5.41) is 2.26. The molecule has 3 heterocycles. The van der Waals surface area contributed by atoms with Crippen molar-refractivity contribution in [3.8, 4) is 39.5 Å². The van der Waals surface area contributed by atoms with Crippen LogP contribution in [0.4, 0.5) is 0 Å². The van der Waals surface area contributed by atoms with Crippen LogP contribution >= 0.6 is 0 Å². The monoisotopic (exact) mass is 1040 g/mol. The molecular weight excluding hydrogens is 983 g/mol. The molecule has 0 amide bonds. The van der Waals surface area contributed by atoms with Crippen LogP contribution in [0, 0.1) is 31.9 Å². The Morgan fingerprint density at radius 2 is 1.48 bits per heavy atom. The predicted molar refractivity (Wildman–Crippen MR) is 256 cm³/mol. The number of para-hydroxylation sites is 2. The van der Waals surface area contributed by atoms with E-state index in [0.717, 1.165) is 73.3 Å². The standard InChI is InChI=1S/C37H31N2O.C18H24GeN.Ir/c1-23-15-16-24(2)35-34(23)28-21-27(18-20-33(28)40-35)36-38-30-13-9-10-14-32(30)39(36)31-19-17-26(22-29(31)37(3,4)5)25-11-7-6-8-12-25;1-14(2)11-16-12-18(15-9-7-6-8-10-15)20-13-17(16)19(3,4)5;/h6-17,19-22H,1-5H3;6-9,12-14H,11H2,1-5H3;/q2*-1;. The van der Waals surface area contributed by atoms with Crippen LogP contribution in [-0.4, -0.2) is 27.8 Å². The van der Waals surface area contributed by atoms with E-state index in [0.29, 0.717) is 5.92 Å². The molecule has 0 aliphatic heterocycles. The average molecular weight is 1040 g/mol. The van der Waals surface area contributed by atoms with Gasteiger partial charge < -0.3 is 8.98 Å². The van der Waals surface area contributed by atoms with Gasteiger partial charge in [-0.2, -0.15) is 0 Å². The Labute approximate surface area is 378 Å². The second kappa shape index (κ2) is 17.7. The third kappa shape index (κ3) is 9.12. The smallest absolute Gasteiger partial charge is 0.124 e. The number of benzene rings is 6. The second-order valence-corrected chi connectivity index (χ2v) is 29.2. The van der Waals surface area contributed by atoms with Crippen LogP contribution < -0.4 is 4.40 Å². The topological polar surface area (TPSA) is 43.9 Å². The van der Waals surface area contributed by atoms with Crippen LogP contribution in [0.25, 0.3) is 72.4 Å². The quantitative estimate of drug-likeness (QED) is 0.118. The number of pyridine rings is 1. The predicted octanol–water partition coefficient (Wildman–Crippen LogP) is 14.3. The maximum atomic E-state index is 6.29. The maximum absolute atomic E-state index is 6.29. The molecule has 0 spiro atoms. The van der Waals surface area contributed by atoms with Crippen molar-refractivity contribution in [1.82, 2.24) is 14.5 Å².